The van der Waals surface area contributed by atoms with Gasteiger partial charge in [-0.1, -0.05) is 29.8 Å². The smallest absolute Gasteiger partial charge is 0.338 e. The maximum absolute atomic E-state index is 11.4. The molecule has 1 aromatic carbocycles. The molecule has 0 heterocycles. The van der Waals surface area contributed by atoms with E-state index in [1.54, 1.807) is 6.08 Å². The minimum absolute atomic E-state index is 0.256. The van der Waals surface area contributed by atoms with Gasteiger partial charge in [-0.25, -0.2) is 4.79 Å². The second-order valence-electron chi connectivity index (χ2n) is 3.26. The van der Waals surface area contributed by atoms with Gasteiger partial charge in [0.1, 0.15) is 6.61 Å². The number of ether oxygens (including phenoxy) is 1. The number of hydrogen-bond acceptors (Lipinski definition) is 2. The van der Waals surface area contributed by atoms with E-state index in [0.29, 0.717) is 5.56 Å². The van der Waals surface area contributed by atoms with Crippen LogP contribution in [0.15, 0.2) is 30.9 Å². The first-order valence-corrected chi connectivity index (χ1v) is 4.50. The fourth-order valence-corrected chi connectivity index (χ4v) is 1.31. The number of carbonyl (C=O) groups is 1. The molecular formula is C12H14O2. The van der Waals surface area contributed by atoms with Gasteiger partial charge in [0.05, 0.1) is 5.56 Å². The lowest BCUT2D eigenvalue weighted by Crippen LogP contribution is -2.05. The summed E-state index contributed by atoms with van der Waals surface area (Å²) >= 11 is 0. The molecule has 0 aromatic heterocycles. The van der Waals surface area contributed by atoms with Gasteiger partial charge in [-0.05, 0) is 26.0 Å². The topological polar surface area (TPSA) is 26.3 Å². The van der Waals surface area contributed by atoms with Crippen LogP contribution in [0.2, 0.25) is 0 Å². The first-order chi connectivity index (χ1) is 6.63. The Labute approximate surface area is 84.2 Å². The highest BCUT2D eigenvalue weighted by atomic mass is 16.5. The van der Waals surface area contributed by atoms with Gasteiger partial charge < -0.3 is 4.74 Å². The summed E-state index contributed by atoms with van der Waals surface area (Å²) in [6.07, 6.45) is 1.56. The van der Waals surface area contributed by atoms with E-state index < -0.39 is 0 Å². The van der Waals surface area contributed by atoms with Crippen LogP contribution in [0.3, 0.4) is 0 Å². The SMILES string of the molecule is C=CCOC(=O)c1cc(C)cc(C)c1. The highest BCUT2D eigenvalue weighted by molar-refractivity contribution is 5.89. The fraction of sp³-hybridized carbons (Fsp3) is 0.250. The van der Waals surface area contributed by atoms with Gasteiger partial charge in [-0.15, -0.1) is 0 Å². The third kappa shape index (κ3) is 2.73. The van der Waals surface area contributed by atoms with Crippen LogP contribution >= 0.6 is 0 Å². The summed E-state index contributed by atoms with van der Waals surface area (Å²) in [5, 5.41) is 0. The Balaban J connectivity index is 2.84. The summed E-state index contributed by atoms with van der Waals surface area (Å²) < 4.78 is 4.93. The van der Waals surface area contributed by atoms with Gasteiger partial charge in [0.2, 0.25) is 0 Å². The highest BCUT2D eigenvalue weighted by Gasteiger charge is 2.06. The maximum atomic E-state index is 11.4. The van der Waals surface area contributed by atoms with E-state index in [9.17, 15) is 4.79 Å². The van der Waals surface area contributed by atoms with Crippen molar-refractivity contribution >= 4 is 5.97 Å². The Bertz CT molecular complexity index is 333. The Kier molecular flexibility index (Phi) is 3.46. The van der Waals surface area contributed by atoms with Crippen LogP contribution in [0.5, 0.6) is 0 Å². The highest BCUT2D eigenvalue weighted by Crippen LogP contribution is 2.09. The van der Waals surface area contributed by atoms with Crippen molar-refractivity contribution in [1.82, 2.24) is 0 Å². The van der Waals surface area contributed by atoms with Gasteiger partial charge in [-0.2, -0.15) is 0 Å². The lowest BCUT2D eigenvalue weighted by molar-refractivity contribution is 0.0549. The van der Waals surface area contributed by atoms with Gasteiger partial charge in [0.15, 0.2) is 0 Å². The van der Waals surface area contributed by atoms with Crippen molar-refractivity contribution in [1.29, 1.82) is 0 Å². The van der Waals surface area contributed by atoms with E-state index in [0.717, 1.165) is 11.1 Å². The molecule has 0 aliphatic heterocycles. The quantitative estimate of drug-likeness (QED) is 0.541. The molecule has 14 heavy (non-hydrogen) atoms. The molecule has 0 saturated carbocycles. The van der Waals surface area contributed by atoms with Crippen LogP contribution < -0.4 is 0 Å². The molecule has 0 aliphatic rings. The molecule has 2 heteroatoms. The molecule has 0 N–H and O–H groups in total. The van der Waals surface area contributed by atoms with Crippen molar-refractivity contribution in [2.45, 2.75) is 13.8 Å². The molecule has 1 rings (SSSR count). The molecule has 0 aliphatic carbocycles. The number of carbonyl (C=O) groups excluding carboxylic acids is 1. The molecule has 0 saturated heterocycles. The largest absolute Gasteiger partial charge is 0.458 e. The van der Waals surface area contributed by atoms with E-state index in [1.807, 2.05) is 32.0 Å². The molecule has 74 valence electrons. The predicted octanol–water partition coefficient (Wildman–Crippen LogP) is 2.65. The molecule has 0 fully saturated rings. The molecule has 0 bridgehead atoms. The summed E-state index contributed by atoms with van der Waals surface area (Å²) in [7, 11) is 0. The molecule has 0 unspecified atom stereocenters. The van der Waals surface area contributed by atoms with E-state index in [2.05, 4.69) is 6.58 Å². The summed E-state index contributed by atoms with van der Waals surface area (Å²) in [5.74, 6) is -0.295. The van der Waals surface area contributed by atoms with Crippen LogP contribution in [-0.2, 0) is 4.74 Å². The number of benzene rings is 1. The molecule has 2 nitrogen and oxygen atoms in total. The van der Waals surface area contributed by atoms with E-state index in [-0.39, 0.29) is 12.6 Å². The van der Waals surface area contributed by atoms with E-state index in [4.69, 9.17) is 4.74 Å². The summed E-state index contributed by atoms with van der Waals surface area (Å²) in [6.45, 7) is 7.65. The molecule has 0 amide bonds. The third-order valence-electron chi connectivity index (χ3n) is 1.79. The number of hydrogen-bond donors (Lipinski definition) is 0. The van der Waals surface area contributed by atoms with Crippen molar-refractivity contribution in [3.05, 3.63) is 47.5 Å². The van der Waals surface area contributed by atoms with E-state index in [1.165, 1.54) is 0 Å². The number of esters is 1. The zero-order valence-corrected chi connectivity index (χ0v) is 8.54. The second kappa shape index (κ2) is 4.61. The lowest BCUT2D eigenvalue weighted by Gasteiger charge is -2.04. The zero-order chi connectivity index (χ0) is 10.6. The van der Waals surface area contributed by atoms with E-state index >= 15 is 0 Å². The monoisotopic (exact) mass is 190 g/mol. The van der Waals surface area contributed by atoms with Crippen LogP contribution in [0.4, 0.5) is 0 Å². The molecule has 0 atom stereocenters. The minimum atomic E-state index is -0.295. The van der Waals surface area contributed by atoms with Crippen LogP contribution in [0.1, 0.15) is 21.5 Å². The Morgan fingerprint density at radius 1 is 1.36 bits per heavy atom. The molecule has 1 aromatic rings. The van der Waals surface area contributed by atoms with Crippen molar-refractivity contribution in [3.63, 3.8) is 0 Å². The molecule has 0 spiro atoms. The predicted molar refractivity (Wildman–Crippen MR) is 56.4 cm³/mol. The van der Waals surface area contributed by atoms with Crippen molar-refractivity contribution in [3.8, 4) is 0 Å². The normalized spacial score (nSPS) is 9.57. The Hall–Kier alpha value is -1.57. The second-order valence-corrected chi connectivity index (χ2v) is 3.26. The number of rotatable bonds is 3. The fourth-order valence-electron chi connectivity index (χ4n) is 1.31. The summed E-state index contributed by atoms with van der Waals surface area (Å²) in [4.78, 5) is 11.4. The average molecular weight is 190 g/mol. The van der Waals surface area contributed by atoms with Crippen LogP contribution in [0.25, 0.3) is 0 Å². The Morgan fingerprint density at radius 3 is 2.43 bits per heavy atom. The van der Waals surface area contributed by atoms with Crippen LogP contribution in [0, 0.1) is 13.8 Å². The molecule has 0 radical (unpaired) electrons. The van der Waals surface area contributed by atoms with Gasteiger partial charge in [0.25, 0.3) is 0 Å². The number of aryl methyl sites for hydroxylation is 2. The standard InChI is InChI=1S/C12H14O2/c1-4-5-14-12(13)11-7-9(2)6-10(3)8-11/h4,6-8H,1,5H2,2-3H3. The van der Waals surface area contributed by atoms with Crippen molar-refractivity contribution in [2.75, 3.05) is 6.61 Å². The summed E-state index contributed by atoms with van der Waals surface area (Å²) in [6, 6.07) is 5.65. The van der Waals surface area contributed by atoms with Gasteiger partial charge in [-0.3, -0.25) is 0 Å². The first kappa shape index (κ1) is 10.5. The lowest BCUT2D eigenvalue weighted by atomic mass is 10.1. The van der Waals surface area contributed by atoms with Gasteiger partial charge in [0, 0.05) is 0 Å². The first-order valence-electron chi connectivity index (χ1n) is 4.50. The zero-order valence-electron chi connectivity index (χ0n) is 8.54. The van der Waals surface area contributed by atoms with Crippen molar-refractivity contribution < 1.29 is 9.53 Å². The average Bonchev–Trinajstić information content (AvgIpc) is 2.12. The minimum Gasteiger partial charge on any atom is -0.458 e. The molecular weight excluding hydrogens is 176 g/mol. The Morgan fingerprint density at radius 2 is 1.93 bits per heavy atom. The maximum Gasteiger partial charge on any atom is 0.338 e. The summed E-state index contributed by atoms with van der Waals surface area (Å²) in [5.41, 5.74) is 2.73. The van der Waals surface area contributed by atoms with Gasteiger partial charge >= 0.3 is 5.97 Å². The van der Waals surface area contributed by atoms with Crippen molar-refractivity contribution in [2.24, 2.45) is 0 Å². The van der Waals surface area contributed by atoms with Crippen LogP contribution in [-0.4, -0.2) is 12.6 Å². The third-order valence-corrected chi connectivity index (χ3v) is 1.79.